The van der Waals surface area contributed by atoms with Crippen LogP contribution in [0.5, 0.6) is 0 Å². The van der Waals surface area contributed by atoms with E-state index in [4.69, 9.17) is 5.73 Å². The number of aryl methyl sites for hydroxylation is 2. The molecular formula is C24H31N7O2. The van der Waals surface area contributed by atoms with Gasteiger partial charge in [-0.1, -0.05) is 37.8 Å². The number of nitrogens with two attached hydrogens (primary N) is 1. The largest absolute Gasteiger partial charge is 0.384 e. The quantitative estimate of drug-likeness (QED) is 0.428. The Kier molecular flexibility index (Phi) is 6.76. The van der Waals surface area contributed by atoms with Crippen LogP contribution in [0.3, 0.4) is 0 Å². The molecular weight excluding hydrogens is 418 g/mol. The van der Waals surface area contributed by atoms with Crippen LogP contribution in [0.1, 0.15) is 54.7 Å². The van der Waals surface area contributed by atoms with Gasteiger partial charge in [-0.15, -0.1) is 0 Å². The first-order chi connectivity index (χ1) is 15.9. The highest BCUT2D eigenvalue weighted by molar-refractivity contribution is 6.00. The van der Waals surface area contributed by atoms with Gasteiger partial charge in [0.25, 0.3) is 5.91 Å². The van der Waals surface area contributed by atoms with E-state index < -0.39 is 6.04 Å². The molecule has 2 heterocycles. The van der Waals surface area contributed by atoms with Crippen LogP contribution in [0.4, 0.5) is 11.5 Å². The summed E-state index contributed by atoms with van der Waals surface area (Å²) < 4.78 is 1.51. The van der Waals surface area contributed by atoms with Crippen LogP contribution in [-0.4, -0.2) is 37.8 Å². The van der Waals surface area contributed by atoms with E-state index in [9.17, 15) is 9.59 Å². The molecule has 0 aliphatic heterocycles. The Balaban J connectivity index is 1.52. The zero-order valence-electron chi connectivity index (χ0n) is 19.1. The first kappa shape index (κ1) is 22.6. The third-order valence-corrected chi connectivity index (χ3v) is 6.41. The van der Waals surface area contributed by atoms with E-state index in [-0.39, 0.29) is 17.7 Å². The summed E-state index contributed by atoms with van der Waals surface area (Å²) in [5.74, 6) is 0.109. The summed E-state index contributed by atoms with van der Waals surface area (Å²) in [7, 11) is 1.71. The first-order valence-electron chi connectivity index (χ1n) is 11.4. The molecule has 9 heteroatoms. The predicted octanol–water partition coefficient (Wildman–Crippen LogP) is 3.41. The van der Waals surface area contributed by atoms with E-state index in [1.54, 1.807) is 19.3 Å². The smallest absolute Gasteiger partial charge is 0.270 e. The molecule has 4 rings (SSSR count). The van der Waals surface area contributed by atoms with Crippen molar-refractivity contribution in [3.63, 3.8) is 0 Å². The predicted molar refractivity (Wildman–Crippen MR) is 127 cm³/mol. The van der Waals surface area contributed by atoms with Crippen molar-refractivity contribution in [2.24, 2.45) is 13.0 Å². The molecule has 0 bridgehead atoms. The number of aromatic amines is 1. The lowest BCUT2D eigenvalue weighted by Gasteiger charge is -2.26. The summed E-state index contributed by atoms with van der Waals surface area (Å²) in [6.07, 6.45) is 7.87. The van der Waals surface area contributed by atoms with Crippen LogP contribution in [0.2, 0.25) is 0 Å². The number of carbonyl (C=O) groups is 2. The van der Waals surface area contributed by atoms with E-state index >= 15 is 0 Å². The van der Waals surface area contributed by atoms with Crippen molar-refractivity contribution >= 4 is 23.3 Å². The number of hydrogen-bond acceptors (Lipinski definition) is 5. The van der Waals surface area contributed by atoms with Crippen LogP contribution in [0, 0.1) is 12.8 Å². The topological polar surface area (TPSA) is 131 Å². The molecule has 174 valence electrons. The van der Waals surface area contributed by atoms with Gasteiger partial charge >= 0.3 is 0 Å². The summed E-state index contributed by atoms with van der Waals surface area (Å²) in [5.41, 5.74) is 9.67. The molecule has 9 nitrogen and oxygen atoms in total. The summed E-state index contributed by atoms with van der Waals surface area (Å²) in [5, 5.41) is 17.0. The fourth-order valence-corrected chi connectivity index (χ4v) is 4.61. The Morgan fingerprint density at radius 3 is 2.39 bits per heavy atom. The summed E-state index contributed by atoms with van der Waals surface area (Å²) >= 11 is 0. The minimum absolute atomic E-state index is 0.0947. The van der Waals surface area contributed by atoms with Crippen LogP contribution in [0.25, 0.3) is 11.1 Å². The molecule has 0 spiro atoms. The summed E-state index contributed by atoms with van der Waals surface area (Å²) in [6, 6.07) is 8.52. The first-order valence-corrected chi connectivity index (χ1v) is 11.4. The number of H-pyrrole nitrogens is 1. The minimum Gasteiger partial charge on any atom is -0.384 e. The molecule has 0 saturated heterocycles. The second kappa shape index (κ2) is 9.89. The molecule has 33 heavy (non-hydrogen) atoms. The number of nitrogens with one attached hydrogen (secondary N) is 3. The van der Waals surface area contributed by atoms with Crippen molar-refractivity contribution in [2.75, 3.05) is 11.1 Å². The standard InChI is InChI=1S/C24H31N7O2/c1-15-20(22(25)30-29-15)16-9-11-18(12-10-16)27-24(33)21(17-7-5-3-4-6-8-17)28-23(32)19-13-14-26-31(19)2/h9-14,17,21H,3-8H2,1-2H3,(H,27,33)(H,28,32)(H3,25,29,30). The Morgan fingerprint density at radius 2 is 1.82 bits per heavy atom. The lowest BCUT2D eigenvalue weighted by Crippen LogP contribution is -2.48. The molecule has 2 amide bonds. The number of aromatic nitrogens is 4. The van der Waals surface area contributed by atoms with Gasteiger partial charge in [0.1, 0.15) is 17.6 Å². The average Bonchev–Trinajstić information content (AvgIpc) is 3.26. The Labute approximate surface area is 193 Å². The second-order valence-electron chi connectivity index (χ2n) is 8.71. The third-order valence-electron chi connectivity index (χ3n) is 6.41. The molecule has 1 aliphatic rings. The SMILES string of the molecule is Cc1n[nH]c(N)c1-c1ccc(NC(=O)C(NC(=O)c2ccnn2C)C2CCCCCC2)cc1. The molecule has 1 unspecified atom stereocenters. The molecule has 3 aromatic rings. The van der Waals surface area contributed by atoms with Gasteiger partial charge in [0, 0.05) is 24.5 Å². The number of rotatable bonds is 6. The van der Waals surface area contributed by atoms with E-state index in [1.165, 1.54) is 17.5 Å². The molecule has 2 aromatic heterocycles. The minimum atomic E-state index is -0.614. The van der Waals surface area contributed by atoms with E-state index in [0.717, 1.165) is 42.5 Å². The van der Waals surface area contributed by atoms with Gasteiger partial charge in [0.2, 0.25) is 5.91 Å². The van der Waals surface area contributed by atoms with Crippen LogP contribution >= 0.6 is 0 Å². The summed E-state index contributed by atoms with van der Waals surface area (Å²) in [6.45, 7) is 1.89. The fourth-order valence-electron chi connectivity index (χ4n) is 4.61. The average molecular weight is 450 g/mol. The zero-order chi connectivity index (χ0) is 23.4. The van der Waals surface area contributed by atoms with Crippen LogP contribution < -0.4 is 16.4 Å². The van der Waals surface area contributed by atoms with Crippen molar-refractivity contribution < 1.29 is 9.59 Å². The molecule has 1 saturated carbocycles. The van der Waals surface area contributed by atoms with Gasteiger partial charge < -0.3 is 16.4 Å². The molecule has 5 N–H and O–H groups in total. The number of hydrogen-bond donors (Lipinski definition) is 4. The lowest BCUT2D eigenvalue weighted by atomic mass is 9.91. The Hall–Kier alpha value is -3.62. The number of amides is 2. The van der Waals surface area contributed by atoms with Crippen LogP contribution in [-0.2, 0) is 11.8 Å². The number of benzene rings is 1. The van der Waals surface area contributed by atoms with E-state index in [2.05, 4.69) is 25.9 Å². The van der Waals surface area contributed by atoms with Gasteiger partial charge in [-0.05, 0) is 49.4 Å². The highest BCUT2D eigenvalue weighted by atomic mass is 16.2. The van der Waals surface area contributed by atoms with Gasteiger partial charge in [0.05, 0.1) is 5.69 Å². The molecule has 1 fully saturated rings. The van der Waals surface area contributed by atoms with Crippen molar-refractivity contribution in [2.45, 2.75) is 51.5 Å². The number of carbonyl (C=O) groups excluding carboxylic acids is 2. The second-order valence-corrected chi connectivity index (χ2v) is 8.71. The third kappa shape index (κ3) is 5.08. The van der Waals surface area contributed by atoms with Crippen molar-refractivity contribution in [3.05, 3.63) is 47.9 Å². The summed E-state index contributed by atoms with van der Waals surface area (Å²) in [4.78, 5) is 26.2. The van der Waals surface area contributed by atoms with Gasteiger partial charge in [0.15, 0.2) is 0 Å². The number of anilines is 2. The molecule has 1 aromatic carbocycles. The molecule has 1 atom stereocenters. The van der Waals surface area contributed by atoms with Crippen molar-refractivity contribution in [1.29, 1.82) is 0 Å². The highest BCUT2D eigenvalue weighted by Gasteiger charge is 2.31. The highest BCUT2D eigenvalue weighted by Crippen LogP contribution is 2.29. The van der Waals surface area contributed by atoms with Crippen LogP contribution in [0.15, 0.2) is 36.5 Å². The maximum absolute atomic E-state index is 13.4. The van der Waals surface area contributed by atoms with Crippen molar-refractivity contribution in [3.8, 4) is 11.1 Å². The maximum Gasteiger partial charge on any atom is 0.270 e. The molecule has 1 aliphatic carbocycles. The maximum atomic E-state index is 13.4. The van der Waals surface area contributed by atoms with E-state index in [0.29, 0.717) is 17.2 Å². The van der Waals surface area contributed by atoms with Gasteiger partial charge in [-0.3, -0.25) is 19.4 Å². The zero-order valence-corrected chi connectivity index (χ0v) is 19.1. The van der Waals surface area contributed by atoms with Crippen molar-refractivity contribution in [1.82, 2.24) is 25.3 Å². The van der Waals surface area contributed by atoms with E-state index in [1.807, 2.05) is 31.2 Å². The van der Waals surface area contributed by atoms with Gasteiger partial charge in [-0.25, -0.2) is 0 Å². The lowest BCUT2D eigenvalue weighted by molar-refractivity contribution is -0.119. The normalized spacial score (nSPS) is 15.6. The number of nitrogen functional groups attached to an aromatic ring is 1. The Morgan fingerprint density at radius 1 is 1.12 bits per heavy atom. The molecule has 0 radical (unpaired) electrons. The number of nitrogens with zero attached hydrogens (tertiary/aromatic N) is 3. The monoisotopic (exact) mass is 449 g/mol. The van der Waals surface area contributed by atoms with Gasteiger partial charge in [-0.2, -0.15) is 10.2 Å². The fraction of sp³-hybridized carbons (Fsp3) is 0.417. The Bertz CT molecular complexity index is 1090.